The molecule has 5 heteroatoms. The lowest BCUT2D eigenvalue weighted by Crippen LogP contribution is -2.17. The van der Waals surface area contributed by atoms with Crippen molar-refractivity contribution in [2.45, 2.75) is 33.1 Å². The van der Waals surface area contributed by atoms with E-state index in [2.05, 4.69) is 12.2 Å². The van der Waals surface area contributed by atoms with Crippen molar-refractivity contribution in [1.82, 2.24) is 0 Å². The lowest BCUT2D eigenvalue weighted by atomic mass is 9.88. The first-order valence-electron chi connectivity index (χ1n) is 8.02. The number of benzene rings is 1. The van der Waals surface area contributed by atoms with Crippen LogP contribution in [0.5, 0.6) is 5.75 Å². The minimum Gasteiger partial charge on any atom is -0.494 e. The van der Waals surface area contributed by atoms with Gasteiger partial charge in [0.2, 0.25) is 0 Å². The lowest BCUT2D eigenvalue weighted by Gasteiger charge is -2.18. The Morgan fingerprint density at radius 3 is 2.83 bits per heavy atom. The fraction of sp³-hybridized carbons (Fsp3) is 0.389. The summed E-state index contributed by atoms with van der Waals surface area (Å²) in [6.07, 6.45) is 3.09. The van der Waals surface area contributed by atoms with E-state index in [9.17, 15) is 4.79 Å². The Morgan fingerprint density at radius 2 is 2.13 bits per heavy atom. The third-order valence-electron chi connectivity index (χ3n) is 4.19. The summed E-state index contributed by atoms with van der Waals surface area (Å²) in [6.45, 7) is 4.82. The van der Waals surface area contributed by atoms with E-state index in [0.29, 0.717) is 23.1 Å². The number of fused-ring (bicyclic) bond motifs is 1. The van der Waals surface area contributed by atoms with Gasteiger partial charge in [-0.2, -0.15) is 0 Å². The summed E-state index contributed by atoms with van der Waals surface area (Å²) in [5, 5.41) is 3.58. The van der Waals surface area contributed by atoms with Crippen molar-refractivity contribution < 1.29 is 9.53 Å². The van der Waals surface area contributed by atoms with Crippen LogP contribution in [-0.2, 0) is 12.8 Å². The molecule has 1 atom stereocenters. The van der Waals surface area contributed by atoms with E-state index in [0.717, 1.165) is 36.3 Å². The number of carbonyl (C=O) groups is 1. The van der Waals surface area contributed by atoms with Crippen LogP contribution in [0.15, 0.2) is 24.3 Å². The molecule has 3 rings (SSSR count). The minimum absolute atomic E-state index is 0.112. The fourth-order valence-electron chi connectivity index (χ4n) is 3.02. The molecule has 1 aliphatic rings. The molecule has 0 spiro atoms. The largest absolute Gasteiger partial charge is 0.494 e. The highest BCUT2D eigenvalue weighted by Crippen LogP contribution is 2.38. The van der Waals surface area contributed by atoms with Crippen LogP contribution in [0.25, 0.3) is 0 Å². The molecule has 0 fully saturated rings. The first-order chi connectivity index (χ1) is 11.1. The Morgan fingerprint density at radius 1 is 1.39 bits per heavy atom. The average molecular weight is 330 g/mol. The van der Waals surface area contributed by atoms with E-state index < -0.39 is 0 Å². The lowest BCUT2D eigenvalue weighted by molar-refractivity contribution is 0.102. The molecule has 0 saturated heterocycles. The Hall–Kier alpha value is -2.01. The molecular weight excluding hydrogens is 308 g/mol. The normalized spacial score (nSPS) is 16.7. The van der Waals surface area contributed by atoms with Crippen molar-refractivity contribution in [1.29, 1.82) is 0 Å². The molecule has 0 radical (unpaired) electrons. The maximum atomic E-state index is 12.6. The van der Waals surface area contributed by atoms with E-state index in [1.54, 1.807) is 11.3 Å². The number of nitrogens with two attached hydrogens (primary N) is 1. The number of anilines is 2. The maximum absolute atomic E-state index is 12.6. The Kier molecular flexibility index (Phi) is 4.57. The molecule has 3 N–H and O–H groups in total. The smallest absolute Gasteiger partial charge is 0.258 e. The van der Waals surface area contributed by atoms with Gasteiger partial charge in [-0.1, -0.05) is 6.92 Å². The number of nitrogens with one attached hydrogen (secondary N) is 1. The molecule has 0 unspecified atom stereocenters. The number of hydrogen-bond acceptors (Lipinski definition) is 4. The molecular formula is C18H22N2O2S. The number of carbonyl (C=O) groups excluding carboxylic acids is 1. The minimum atomic E-state index is -0.112. The number of rotatable bonds is 4. The van der Waals surface area contributed by atoms with Crippen LogP contribution in [-0.4, -0.2) is 12.5 Å². The third kappa shape index (κ3) is 3.34. The van der Waals surface area contributed by atoms with Crippen molar-refractivity contribution in [3.8, 4) is 5.75 Å². The summed E-state index contributed by atoms with van der Waals surface area (Å²) < 4.78 is 5.41. The molecule has 122 valence electrons. The van der Waals surface area contributed by atoms with Crippen molar-refractivity contribution in [2.24, 2.45) is 5.92 Å². The van der Waals surface area contributed by atoms with Gasteiger partial charge in [0.1, 0.15) is 5.75 Å². The predicted octanol–water partition coefficient (Wildman–Crippen LogP) is 4.11. The summed E-state index contributed by atoms with van der Waals surface area (Å²) >= 11 is 1.57. The molecule has 0 aliphatic heterocycles. The highest BCUT2D eigenvalue weighted by atomic mass is 32.1. The van der Waals surface area contributed by atoms with Gasteiger partial charge in [0.25, 0.3) is 5.91 Å². The number of hydrogen-bond donors (Lipinski definition) is 2. The van der Waals surface area contributed by atoms with Crippen LogP contribution in [0.2, 0.25) is 0 Å². The molecule has 0 saturated carbocycles. The second kappa shape index (κ2) is 6.62. The second-order valence-electron chi connectivity index (χ2n) is 6.00. The molecule has 1 aromatic carbocycles. The first kappa shape index (κ1) is 15.9. The molecule has 23 heavy (non-hydrogen) atoms. The monoisotopic (exact) mass is 330 g/mol. The highest BCUT2D eigenvalue weighted by molar-refractivity contribution is 7.16. The first-order valence-corrected chi connectivity index (χ1v) is 8.84. The van der Waals surface area contributed by atoms with E-state index in [1.165, 1.54) is 4.88 Å². The SMILES string of the molecule is CCOc1ccc(NC(=O)c2c(N)sc3c2CC[C@H](C)C3)cc1. The van der Waals surface area contributed by atoms with Crippen molar-refractivity contribution in [3.05, 3.63) is 40.3 Å². The van der Waals surface area contributed by atoms with Gasteiger partial charge in [0.05, 0.1) is 17.2 Å². The highest BCUT2D eigenvalue weighted by Gasteiger charge is 2.26. The number of nitrogen functional groups attached to an aromatic ring is 1. The van der Waals surface area contributed by atoms with Gasteiger partial charge in [0, 0.05) is 10.6 Å². The molecule has 1 aromatic heterocycles. The van der Waals surface area contributed by atoms with E-state index in [1.807, 2.05) is 31.2 Å². The van der Waals surface area contributed by atoms with Crippen LogP contribution >= 0.6 is 11.3 Å². The Labute approximate surface area is 140 Å². The van der Waals surface area contributed by atoms with Crippen LogP contribution in [0.4, 0.5) is 10.7 Å². The Balaban J connectivity index is 1.78. The van der Waals surface area contributed by atoms with Gasteiger partial charge in [-0.3, -0.25) is 4.79 Å². The average Bonchev–Trinajstić information content (AvgIpc) is 2.84. The summed E-state index contributed by atoms with van der Waals surface area (Å²) in [5.74, 6) is 1.35. The summed E-state index contributed by atoms with van der Waals surface area (Å²) in [7, 11) is 0. The zero-order valence-corrected chi connectivity index (χ0v) is 14.3. The van der Waals surface area contributed by atoms with Crippen molar-refractivity contribution in [2.75, 3.05) is 17.7 Å². The quantitative estimate of drug-likeness (QED) is 0.887. The topological polar surface area (TPSA) is 64.3 Å². The summed E-state index contributed by atoms with van der Waals surface area (Å²) in [4.78, 5) is 13.9. The standard InChI is InChI=1S/C18H22N2O2S/c1-3-22-13-7-5-12(6-8-13)20-18(21)16-14-9-4-11(2)10-15(14)23-17(16)19/h5-8,11H,3-4,9-10,19H2,1-2H3,(H,20,21)/t11-/m0/s1. The van der Waals surface area contributed by atoms with Gasteiger partial charge < -0.3 is 15.8 Å². The van der Waals surface area contributed by atoms with Gasteiger partial charge in [0.15, 0.2) is 0 Å². The van der Waals surface area contributed by atoms with Crippen molar-refractivity contribution in [3.63, 3.8) is 0 Å². The molecule has 4 nitrogen and oxygen atoms in total. The molecule has 1 amide bonds. The molecule has 1 heterocycles. The third-order valence-corrected chi connectivity index (χ3v) is 5.27. The van der Waals surface area contributed by atoms with E-state index >= 15 is 0 Å². The Bertz CT molecular complexity index is 707. The van der Waals surface area contributed by atoms with Crippen LogP contribution in [0, 0.1) is 5.92 Å². The van der Waals surface area contributed by atoms with Gasteiger partial charge >= 0.3 is 0 Å². The number of amides is 1. The second-order valence-corrected chi connectivity index (χ2v) is 7.14. The van der Waals surface area contributed by atoms with E-state index in [-0.39, 0.29) is 5.91 Å². The van der Waals surface area contributed by atoms with Gasteiger partial charge in [-0.15, -0.1) is 11.3 Å². The van der Waals surface area contributed by atoms with Gasteiger partial charge in [-0.05, 0) is 61.9 Å². The van der Waals surface area contributed by atoms with Crippen LogP contribution < -0.4 is 15.8 Å². The molecule has 2 aromatic rings. The van der Waals surface area contributed by atoms with Crippen LogP contribution in [0.1, 0.15) is 41.1 Å². The van der Waals surface area contributed by atoms with Crippen molar-refractivity contribution >= 4 is 27.9 Å². The zero-order chi connectivity index (χ0) is 16.4. The fourth-order valence-corrected chi connectivity index (χ4v) is 4.29. The number of thiophene rings is 1. The summed E-state index contributed by atoms with van der Waals surface area (Å²) in [5.41, 5.74) is 8.69. The maximum Gasteiger partial charge on any atom is 0.258 e. The van der Waals surface area contributed by atoms with Gasteiger partial charge in [-0.25, -0.2) is 0 Å². The molecule has 0 bridgehead atoms. The zero-order valence-electron chi connectivity index (χ0n) is 13.5. The molecule has 1 aliphatic carbocycles. The number of ether oxygens (including phenoxy) is 1. The summed E-state index contributed by atoms with van der Waals surface area (Å²) in [6, 6.07) is 7.40. The van der Waals surface area contributed by atoms with Crippen LogP contribution in [0.3, 0.4) is 0 Å². The van der Waals surface area contributed by atoms with E-state index in [4.69, 9.17) is 10.5 Å². The predicted molar refractivity (Wildman–Crippen MR) is 95.5 cm³/mol.